The maximum Gasteiger partial charge on any atom is 0.142 e. The lowest BCUT2D eigenvalue weighted by molar-refractivity contribution is 0.115. The van der Waals surface area contributed by atoms with E-state index in [0.717, 1.165) is 37.5 Å². The lowest BCUT2D eigenvalue weighted by Gasteiger charge is -2.21. The second kappa shape index (κ2) is 5.22. The van der Waals surface area contributed by atoms with E-state index < -0.39 is 0 Å². The van der Waals surface area contributed by atoms with Gasteiger partial charge in [0.05, 0.1) is 12.8 Å². The van der Waals surface area contributed by atoms with Crippen LogP contribution in [0.25, 0.3) is 0 Å². The minimum absolute atomic E-state index is 0.0485. The average molecular weight is 277 g/mol. The fourth-order valence-corrected chi connectivity index (χ4v) is 3.14. The van der Waals surface area contributed by atoms with Crippen LogP contribution in [0.3, 0.4) is 0 Å². The summed E-state index contributed by atoms with van der Waals surface area (Å²) < 4.78 is 11.3. The maximum absolute atomic E-state index is 6.17. The van der Waals surface area contributed by atoms with E-state index in [-0.39, 0.29) is 5.60 Å². The van der Waals surface area contributed by atoms with E-state index in [1.165, 1.54) is 5.56 Å². The summed E-state index contributed by atoms with van der Waals surface area (Å²) in [7, 11) is 3.76. The number of ether oxygens (including phenoxy) is 2. The number of likely N-dealkylation sites (N-methyl/N-ethyl adjacent to an activating group) is 1. The van der Waals surface area contributed by atoms with Gasteiger partial charge in [-0.25, -0.2) is 4.98 Å². The molecule has 0 bridgehead atoms. The molecule has 2 atom stereocenters. The molecular weight excluding hydrogens is 254 g/mol. The van der Waals surface area contributed by atoms with Crippen molar-refractivity contribution in [1.82, 2.24) is 10.3 Å². The molecule has 1 saturated heterocycles. The second-order valence-electron chi connectivity index (χ2n) is 6.01. The van der Waals surface area contributed by atoms with Gasteiger partial charge in [-0.05, 0) is 13.0 Å². The van der Waals surface area contributed by atoms with Crippen molar-refractivity contribution in [1.29, 1.82) is 0 Å². The molecule has 2 aliphatic rings. The van der Waals surface area contributed by atoms with E-state index in [1.54, 1.807) is 7.11 Å². The smallest absolute Gasteiger partial charge is 0.142 e. The van der Waals surface area contributed by atoms with Gasteiger partial charge >= 0.3 is 0 Å². The maximum atomic E-state index is 6.17. The van der Waals surface area contributed by atoms with Gasteiger partial charge < -0.3 is 19.7 Å². The third-order valence-corrected chi connectivity index (χ3v) is 4.25. The van der Waals surface area contributed by atoms with E-state index in [9.17, 15) is 0 Å². The fraction of sp³-hybridized carbons (Fsp3) is 0.667. The molecule has 20 heavy (non-hydrogen) atoms. The zero-order valence-electron chi connectivity index (χ0n) is 12.5. The Morgan fingerprint density at radius 2 is 2.45 bits per heavy atom. The first-order valence-electron chi connectivity index (χ1n) is 7.23. The summed E-state index contributed by atoms with van der Waals surface area (Å²) in [5.74, 6) is 1.94. The third kappa shape index (κ3) is 2.47. The Kier molecular flexibility index (Phi) is 3.56. The average Bonchev–Trinajstić information content (AvgIpc) is 2.97. The molecule has 0 unspecified atom stereocenters. The molecule has 0 amide bonds. The molecule has 3 rings (SSSR count). The van der Waals surface area contributed by atoms with Gasteiger partial charge in [-0.3, -0.25) is 0 Å². The molecule has 1 aromatic rings. The topological polar surface area (TPSA) is 46.6 Å². The third-order valence-electron chi connectivity index (χ3n) is 4.25. The largest absolute Gasteiger partial charge is 0.484 e. The molecular formula is C15H23N3O2. The molecule has 1 fully saturated rings. The van der Waals surface area contributed by atoms with Crippen LogP contribution in [-0.4, -0.2) is 50.5 Å². The number of nitrogens with one attached hydrogen (secondary N) is 1. The first-order valence-corrected chi connectivity index (χ1v) is 7.23. The van der Waals surface area contributed by atoms with E-state index in [0.29, 0.717) is 12.6 Å². The molecule has 1 spiro atoms. The van der Waals surface area contributed by atoms with Crippen LogP contribution >= 0.6 is 0 Å². The Bertz CT molecular complexity index is 494. The van der Waals surface area contributed by atoms with Crippen LogP contribution in [0.1, 0.15) is 18.9 Å². The minimum atomic E-state index is -0.0485. The van der Waals surface area contributed by atoms with Crippen LogP contribution in [0.2, 0.25) is 0 Å². The molecule has 1 aromatic heterocycles. The summed E-state index contributed by atoms with van der Waals surface area (Å²) in [6.45, 7) is 4.69. The summed E-state index contributed by atoms with van der Waals surface area (Å²) >= 11 is 0. The molecule has 2 aliphatic heterocycles. The van der Waals surface area contributed by atoms with Gasteiger partial charge in [-0.1, -0.05) is 0 Å². The van der Waals surface area contributed by atoms with E-state index >= 15 is 0 Å². The predicted molar refractivity (Wildman–Crippen MR) is 78.5 cm³/mol. The van der Waals surface area contributed by atoms with Gasteiger partial charge in [-0.2, -0.15) is 0 Å². The van der Waals surface area contributed by atoms with Crippen molar-refractivity contribution < 1.29 is 9.47 Å². The standard InChI is InChI=1S/C15H23N3O2/c1-11-7-15(10-17-11)8-12-6-14(16-9-13(12)20-15)18(2)4-5-19-3/h6,9,11,17H,4-5,7-8,10H2,1-3H3/t11-,15-/m0/s1. The summed E-state index contributed by atoms with van der Waals surface area (Å²) in [6.07, 6.45) is 3.91. The highest BCUT2D eigenvalue weighted by atomic mass is 16.5. The molecule has 0 aliphatic carbocycles. The molecule has 110 valence electrons. The number of aromatic nitrogens is 1. The number of nitrogens with zero attached hydrogens (tertiary/aromatic N) is 2. The van der Waals surface area contributed by atoms with Gasteiger partial charge in [0, 0.05) is 51.7 Å². The van der Waals surface area contributed by atoms with Crippen LogP contribution < -0.4 is 15.0 Å². The van der Waals surface area contributed by atoms with E-state index in [1.807, 2.05) is 13.2 Å². The first-order chi connectivity index (χ1) is 9.62. The second-order valence-corrected chi connectivity index (χ2v) is 6.01. The lowest BCUT2D eigenvalue weighted by Crippen LogP contribution is -2.36. The number of anilines is 1. The van der Waals surface area contributed by atoms with Crippen LogP contribution in [0, 0.1) is 0 Å². The van der Waals surface area contributed by atoms with Crippen molar-refractivity contribution in [2.75, 3.05) is 38.8 Å². The highest BCUT2D eigenvalue weighted by molar-refractivity contribution is 5.48. The Balaban J connectivity index is 1.74. The van der Waals surface area contributed by atoms with Crippen LogP contribution in [0.4, 0.5) is 5.82 Å². The van der Waals surface area contributed by atoms with Crippen molar-refractivity contribution in [3.05, 3.63) is 17.8 Å². The number of fused-ring (bicyclic) bond motifs is 1. The zero-order chi connectivity index (χ0) is 14.2. The Labute approximate surface area is 120 Å². The fourth-order valence-electron chi connectivity index (χ4n) is 3.14. The summed E-state index contributed by atoms with van der Waals surface area (Å²) in [5.41, 5.74) is 1.22. The first kappa shape index (κ1) is 13.6. The lowest BCUT2D eigenvalue weighted by atomic mass is 9.95. The van der Waals surface area contributed by atoms with Crippen molar-refractivity contribution >= 4 is 5.82 Å². The highest BCUT2D eigenvalue weighted by Crippen LogP contribution is 2.40. The molecule has 0 aromatic carbocycles. The van der Waals surface area contributed by atoms with Gasteiger partial charge in [0.1, 0.15) is 17.2 Å². The zero-order valence-corrected chi connectivity index (χ0v) is 12.5. The Hall–Kier alpha value is -1.33. The predicted octanol–water partition coefficient (Wildman–Crippen LogP) is 1.22. The monoisotopic (exact) mass is 277 g/mol. The van der Waals surface area contributed by atoms with Crippen LogP contribution in [0.15, 0.2) is 12.3 Å². The van der Waals surface area contributed by atoms with Gasteiger partial charge in [0.2, 0.25) is 0 Å². The quantitative estimate of drug-likeness (QED) is 0.896. The number of hydrogen-bond acceptors (Lipinski definition) is 5. The molecule has 3 heterocycles. The summed E-state index contributed by atoms with van der Waals surface area (Å²) in [4.78, 5) is 6.62. The van der Waals surface area contributed by atoms with Gasteiger partial charge in [-0.15, -0.1) is 0 Å². The van der Waals surface area contributed by atoms with Crippen molar-refractivity contribution in [2.45, 2.75) is 31.4 Å². The van der Waals surface area contributed by atoms with Crippen molar-refractivity contribution in [2.24, 2.45) is 0 Å². The van der Waals surface area contributed by atoms with E-state index in [2.05, 4.69) is 28.2 Å². The molecule has 0 saturated carbocycles. The Morgan fingerprint density at radius 3 is 3.15 bits per heavy atom. The minimum Gasteiger partial charge on any atom is -0.484 e. The number of methoxy groups -OCH3 is 1. The number of pyridine rings is 1. The van der Waals surface area contributed by atoms with Crippen LogP contribution in [0.5, 0.6) is 5.75 Å². The number of rotatable bonds is 4. The SMILES string of the molecule is COCCN(C)c1cc2c(cn1)O[C@]1(CN[C@@H](C)C1)C2. The van der Waals surface area contributed by atoms with Crippen molar-refractivity contribution in [3.8, 4) is 5.75 Å². The van der Waals surface area contributed by atoms with Crippen molar-refractivity contribution in [3.63, 3.8) is 0 Å². The van der Waals surface area contributed by atoms with Crippen LogP contribution in [-0.2, 0) is 11.2 Å². The molecule has 5 heteroatoms. The summed E-state index contributed by atoms with van der Waals surface area (Å²) in [6, 6.07) is 2.68. The number of hydrogen-bond donors (Lipinski definition) is 1. The van der Waals surface area contributed by atoms with E-state index in [4.69, 9.17) is 9.47 Å². The normalized spacial score (nSPS) is 27.6. The molecule has 0 radical (unpaired) electrons. The highest BCUT2D eigenvalue weighted by Gasteiger charge is 2.44. The summed E-state index contributed by atoms with van der Waals surface area (Å²) in [5, 5.41) is 3.48. The molecule has 1 N–H and O–H groups in total. The Morgan fingerprint density at radius 1 is 1.60 bits per heavy atom. The molecule has 5 nitrogen and oxygen atoms in total. The van der Waals surface area contributed by atoms with Gasteiger partial charge in [0.15, 0.2) is 0 Å². The van der Waals surface area contributed by atoms with Gasteiger partial charge in [0.25, 0.3) is 0 Å².